The number of carbonyl (C=O) groups excluding carboxylic acids is 2. The van der Waals surface area contributed by atoms with Crippen LogP contribution < -0.4 is 5.32 Å². The minimum atomic E-state index is -1.60. The van der Waals surface area contributed by atoms with Gasteiger partial charge in [0.2, 0.25) is 5.91 Å². The van der Waals surface area contributed by atoms with Crippen LogP contribution in [-0.4, -0.2) is 23.6 Å². The van der Waals surface area contributed by atoms with Crippen LogP contribution in [0.15, 0.2) is 30.3 Å². The largest absolute Gasteiger partial charge is 0.503 e. The van der Waals surface area contributed by atoms with E-state index in [0.717, 1.165) is 0 Å². The van der Waals surface area contributed by atoms with Crippen molar-refractivity contribution in [3.05, 3.63) is 47.3 Å². The van der Waals surface area contributed by atoms with Crippen molar-refractivity contribution in [2.45, 2.75) is 27.7 Å². The number of ether oxygens (including phenoxy) is 1. The van der Waals surface area contributed by atoms with Crippen LogP contribution >= 0.6 is 0 Å². The molecule has 0 unspecified atom stereocenters. The SMILES string of the molecule is CCOC(=O)C(C)(C)C(=O)Nc1c(O)c(F)c(-c2ccccc2)c(C)c1C#N. The summed E-state index contributed by atoms with van der Waals surface area (Å²) in [5.41, 5.74) is -1.26. The molecule has 0 aliphatic heterocycles. The maximum atomic E-state index is 14.9. The van der Waals surface area contributed by atoms with Gasteiger partial charge in [0.15, 0.2) is 11.6 Å². The molecule has 0 heterocycles. The van der Waals surface area contributed by atoms with Gasteiger partial charge in [0, 0.05) is 5.56 Å². The van der Waals surface area contributed by atoms with Gasteiger partial charge in [-0.1, -0.05) is 30.3 Å². The minimum Gasteiger partial charge on any atom is -0.503 e. The van der Waals surface area contributed by atoms with Crippen LogP contribution in [0.4, 0.5) is 10.1 Å². The summed E-state index contributed by atoms with van der Waals surface area (Å²) in [6.45, 7) is 5.89. The molecule has 0 spiro atoms. The third-order valence-electron chi connectivity index (χ3n) is 4.43. The highest BCUT2D eigenvalue weighted by Crippen LogP contribution is 2.41. The zero-order valence-corrected chi connectivity index (χ0v) is 16.1. The number of rotatable bonds is 5. The lowest BCUT2D eigenvalue weighted by atomic mass is 9.91. The molecule has 0 bridgehead atoms. The first-order valence-electron chi connectivity index (χ1n) is 8.66. The van der Waals surface area contributed by atoms with Crippen LogP contribution in [0.1, 0.15) is 31.9 Å². The van der Waals surface area contributed by atoms with Crippen molar-refractivity contribution in [1.29, 1.82) is 5.26 Å². The van der Waals surface area contributed by atoms with Gasteiger partial charge in [-0.3, -0.25) is 9.59 Å². The molecule has 0 radical (unpaired) electrons. The summed E-state index contributed by atoms with van der Waals surface area (Å²) in [5, 5.41) is 22.3. The molecule has 28 heavy (non-hydrogen) atoms. The predicted molar refractivity (Wildman–Crippen MR) is 102 cm³/mol. The molecule has 6 nitrogen and oxygen atoms in total. The summed E-state index contributed by atoms with van der Waals surface area (Å²) >= 11 is 0. The Balaban J connectivity index is 2.57. The molecule has 2 aromatic carbocycles. The third kappa shape index (κ3) is 3.67. The molecule has 0 fully saturated rings. The van der Waals surface area contributed by atoms with E-state index in [-0.39, 0.29) is 29.0 Å². The van der Waals surface area contributed by atoms with Gasteiger partial charge in [-0.15, -0.1) is 0 Å². The van der Waals surface area contributed by atoms with Gasteiger partial charge in [0.1, 0.15) is 17.2 Å². The molecule has 0 aliphatic carbocycles. The van der Waals surface area contributed by atoms with Crippen LogP contribution in [0.25, 0.3) is 11.1 Å². The second-order valence-electron chi connectivity index (χ2n) is 6.69. The van der Waals surface area contributed by atoms with Crippen molar-refractivity contribution in [3.8, 4) is 22.9 Å². The molecule has 2 aromatic rings. The average molecular weight is 384 g/mol. The van der Waals surface area contributed by atoms with E-state index >= 15 is 0 Å². The normalized spacial score (nSPS) is 10.9. The van der Waals surface area contributed by atoms with Crippen molar-refractivity contribution in [3.63, 3.8) is 0 Å². The van der Waals surface area contributed by atoms with Crippen LogP contribution in [0.2, 0.25) is 0 Å². The Morgan fingerprint density at radius 1 is 1.29 bits per heavy atom. The van der Waals surface area contributed by atoms with Gasteiger partial charge in [0.25, 0.3) is 0 Å². The summed E-state index contributed by atoms with van der Waals surface area (Å²) < 4.78 is 19.8. The van der Waals surface area contributed by atoms with Crippen LogP contribution in [-0.2, 0) is 14.3 Å². The molecule has 0 saturated carbocycles. The number of phenolic OH excluding ortho intramolecular Hbond substituents is 1. The molecule has 7 heteroatoms. The Hall–Kier alpha value is -3.40. The summed E-state index contributed by atoms with van der Waals surface area (Å²) in [4.78, 5) is 24.6. The summed E-state index contributed by atoms with van der Waals surface area (Å²) in [6, 6.07) is 10.4. The number of halogens is 1. The monoisotopic (exact) mass is 384 g/mol. The summed E-state index contributed by atoms with van der Waals surface area (Å²) in [6.07, 6.45) is 0. The summed E-state index contributed by atoms with van der Waals surface area (Å²) in [7, 11) is 0. The van der Waals surface area contributed by atoms with Gasteiger partial charge in [-0.05, 0) is 38.8 Å². The maximum Gasteiger partial charge on any atom is 0.321 e. The number of amides is 1. The van der Waals surface area contributed by atoms with Crippen LogP contribution in [0.5, 0.6) is 5.75 Å². The van der Waals surface area contributed by atoms with Gasteiger partial charge < -0.3 is 15.2 Å². The number of carbonyl (C=O) groups is 2. The van der Waals surface area contributed by atoms with Crippen molar-refractivity contribution >= 4 is 17.6 Å². The first-order valence-corrected chi connectivity index (χ1v) is 8.66. The molecule has 0 saturated heterocycles. The van der Waals surface area contributed by atoms with Gasteiger partial charge in [-0.25, -0.2) is 4.39 Å². The van der Waals surface area contributed by atoms with Crippen molar-refractivity contribution in [2.75, 3.05) is 11.9 Å². The van der Waals surface area contributed by atoms with Gasteiger partial charge in [-0.2, -0.15) is 5.26 Å². The van der Waals surface area contributed by atoms with Crippen molar-refractivity contribution in [2.24, 2.45) is 5.41 Å². The van der Waals surface area contributed by atoms with E-state index in [2.05, 4.69) is 5.32 Å². The second-order valence-corrected chi connectivity index (χ2v) is 6.69. The molecular weight excluding hydrogens is 363 g/mol. The number of benzene rings is 2. The number of aromatic hydroxyl groups is 1. The minimum absolute atomic E-state index is 0.0669. The fourth-order valence-corrected chi connectivity index (χ4v) is 2.71. The van der Waals surface area contributed by atoms with Crippen LogP contribution in [0, 0.1) is 29.5 Å². The highest BCUT2D eigenvalue weighted by Gasteiger charge is 2.39. The topological polar surface area (TPSA) is 99.4 Å². The Morgan fingerprint density at radius 2 is 1.89 bits per heavy atom. The zero-order valence-electron chi connectivity index (χ0n) is 16.1. The number of anilines is 1. The lowest BCUT2D eigenvalue weighted by Crippen LogP contribution is -2.39. The van der Waals surface area contributed by atoms with E-state index in [1.807, 2.05) is 6.07 Å². The Bertz CT molecular complexity index is 963. The van der Waals surface area contributed by atoms with E-state index in [1.54, 1.807) is 37.3 Å². The predicted octanol–water partition coefficient (Wildman–Crippen LogP) is 3.91. The fourth-order valence-electron chi connectivity index (χ4n) is 2.71. The highest BCUT2D eigenvalue weighted by molar-refractivity contribution is 6.09. The van der Waals surface area contributed by atoms with Gasteiger partial charge in [0.05, 0.1) is 12.2 Å². The lowest BCUT2D eigenvalue weighted by Gasteiger charge is -2.23. The van der Waals surface area contributed by atoms with E-state index < -0.39 is 28.9 Å². The molecule has 146 valence electrons. The molecule has 0 atom stereocenters. The number of esters is 1. The Labute approximate surface area is 162 Å². The fraction of sp³-hybridized carbons (Fsp3) is 0.286. The number of phenols is 1. The molecule has 0 aliphatic rings. The molecular formula is C21H21FN2O4. The molecule has 2 N–H and O–H groups in total. The number of hydrogen-bond donors (Lipinski definition) is 2. The first kappa shape index (κ1) is 20.9. The maximum absolute atomic E-state index is 14.9. The number of nitriles is 1. The quantitative estimate of drug-likeness (QED) is 0.463. The second kappa shape index (κ2) is 8.09. The number of hydrogen-bond acceptors (Lipinski definition) is 5. The van der Waals surface area contributed by atoms with E-state index in [9.17, 15) is 24.3 Å². The third-order valence-corrected chi connectivity index (χ3v) is 4.43. The van der Waals surface area contributed by atoms with Crippen LogP contribution in [0.3, 0.4) is 0 Å². The Morgan fingerprint density at radius 3 is 2.43 bits per heavy atom. The first-order chi connectivity index (χ1) is 13.2. The average Bonchev–Trinajstić information content (AvgIpc) is 2.67. The highest BCUT2D eigenvalue weighted by atomic mass is 19.1. The zero-order chi connectivity index (χ0) is 21.1. The standard InChI is InChI=1S/C21H21FN2O4/c1-5-28-20(27)21(3,4)19(26)24-17-14(11-23)12(2)15(16(22)18(17)25)13-9-7-6-8-10-13/h6-10,25H,5H2,1-4H3,(H,24,26). The van der Waals surface area contributed by atoms with E-state index in [1.165, 1.54) is 20.8 Å². The molecule has 2 rings (SSSR count). The van der Waals surface area contributed by atoms with E-state index in [4.69, 9.17) is 4.74 Å². The number of nitrogens with one attached hydrogen (secondary N) is 1. The van der Waals surface area contributed by atoms with Gasteiger partial charge >= 0.3 is 5.97 Å². The Kier molecular flexibility index (Phi) is 6.04. The number of nitrogens with zero attached hydrogens (tertiary/aromatic N) is 1. The van der Waals surface area contributed by atoms with Crippen molar-refractivity contribution < 1.29 is 23.8 Å². The van der Waals surface area contributed by atoms with Crippen molar-refractivity contribution in [1.82, 2.24) is 0 Å². The summed E-state index contributed by atoms with van der Waals surface area (Å²) in [5.74, 6) is -3.44. The molecule has 0 aromatic heterocycles. The van der Waals surface area contributed by atoms with E-state index in [0.29, 0.717) is 5.56 Å². The molecule has 1 amide bonds. The lowest BCUT2D eigenvalue weighted by molar-refractivity contribution is -0.157. The smallest absolute Gasteiger partial charge is 0.321 e.